The Kier molecular flexibility index (Phi) is 9.26. The fourth-order valence-corrected chi connectivity index (χ4v) is 2.62. The Bertz CT molecular complexity index is 685. The van der Waals surface area contributed by atoms with E-state index < -0.39 is 0 Å². The van der Waals surface area contributed by atoms with Gasteiger partial charge in [0.1, 0.15) is 5.82 Å². The van der Waals surface area contributed by atoms with Gasteiger partial charge in [0, 0.05) is 46.0 Å². The second-order valence-corrected chi connectivity index (χ2v) is 5.78. The maximum Gasteiger partial charge on any atom is 0.191 e. The first-order valence-corrected chi connectivity index (χ1v) is 8.28. The Morgan fingerprint density at radius 3 is 2.20 bits per heavy atom. The molecule has 0 bridgehead atoms. The lowest BCUT2D eigenvalue weighted by atomic mass is 10.1. The summed E-state index contributed by atoms with van der Waals surface area (Å²) in [6.45, 7) is 3.62. The van der Waals surface area contributed by atoms with Crippen LogP contribution in [0.3, 0.4) is 0 Å². The second kappa shape index (κ2) is 10.9. The number of nitrogens with one attached hydrogen (secondary N) is 2. The van der Waals surface area contributed by atoms with Crippen molar-refractivity contribution in [1.82, 2.24) is 15.6 Å². The third kappa shape index (κ3) is 6.19. The van der Waals surface area contributed by atoms with Crippen LogP contribution >= 0.6 is 24.0 Å². The van der Waals surface area contributed by atoms with Crippen LogP contribution in [0.1, 0.15) is 23.6 Å². The number of pyridine rings is 1. The number of aromatic nitrogens is 1. The highest BCUT2D eigenvalue weighted by atomic mass is 127. The van der Waals surface area contributed by atoms with E-state index in [4.69, 9.17) is 0 Å². The number of guanidine groups is 1. The standard InChI is InChI=1S/C19H27N5.HI/c1-5-15-9-6-7-10-16(15)13-22-19(20-2)23-14-17-11-8-12-21-18(17)24(3)4;/h6-12H,5,13-14H2,1-4H3,(H2,20,22,23);1H. The molecule has 1 heterocycles. The summed E-state index contributed by atoms with van der Waals surface area (Å²) in [6.07, 6.45) is 2.85. The Labute approximate surface area is 168 Å². The first-order chi connectivity index (χ1) is 11.7. The summed E-state index contributed by atoms with van der Waals surface area (Å²) in [5.41, 5.74) is 3.81. The molecule has 25 heavy (non-hydrogen) atoms. The lowest BCUT2D eigenvalue weighted by molar-refractivity contribution is 0.798. The Morgan fingerprint density at radius 2 is 1.60 bits per heavy atom. The van der Waals surface area contributed by atoms with Gasteiger partial charge in [-0.2, -0.15) is 0 Å². The van der Waals surface area contributed by atoms with E-state index in [1.165, 1.54) is 11.1 Å². The van der Waals surface area contributed by atoms with Crippen molar-refractivity contribution in [3.05, 3.63) is 59.3 Å². The van der Waals surface area contributed by atoms with Gasteiger partial charge in [-0.05, 0) is 23.6 Å². The highest BCUT2D eigenvalue weighted by molar-refractivity contribution is 14.0. The monoisotopic (exact) mass is 453 g/mol. The fraction of sp³-hybridized carbons (Fsp3) is 0.368. The van der Waals surface area contributed by atoms with Crippen LogP contribution in [-0.4, -0.2) is 32.1 Å². The van der Waals surface area contributed by atoms with E-state index in [2.05, 4.69) is 57.9 Å². The van der Waals surface area contributed by atoms with Gasteiger partial charge in [0.05, 0.1) is 0 Å². The van der Waals surface area contributed by atoms with Gasteiger partial charge >= 0.3 is 0 Å². The number of hydrogen-bond donors (Lipinski definition) is 2. The second-order valence-electron chi connectivity index (χ2n) is 5.78. The topological polar surface area (TPSA) is 52.6 Å². The van der Waals surface area contributed by atoms with E-state index >= 15 is 0 Å². The Hall–Kier alpha value is -1.83. The van der Waals surface area contributed by atoms with Crippen molar-refractivity contribution in [2.45, 2.75) is 26.4 Å². The van der Waals surface area contributed by atoms with Crippen LogP contribution in [0.2, 0.25) is 0 Å². The molecule has 0 fully saturated rings. The van der Waals surface area contributed by atoms with Crippen molar-refractivity contribution in [3.63, 3.8) is 0 Å². The third-order valence-corrected chi connectivity index (χ3v) is 3.91. The molecule has 0 spiro atoms. The van der Waals surface area contributed by atoms with Crippen molar-refractivity contribution in [2.75, 3.05) is 26.0 Å². The molecule has 5 nitrogen and oxygen atoms in total. The number of hydrogen-bond acceptors (Lipinski definition) is 3. The molecule has 2 N–H and O–H groups in total. The summed E-state index contributed by atoms with van der Waals surface area (Å²) in [6, 6.07) is 12.5. The first kappa shape index (κ1) is 21.2. The number of benzene rings is 1. The van der Waals surface area contributed by atoms with Gasteiger partial charge in [-0.1, -0.05) is 37.3 Å². The number of halogens is 1. The molecule has 0 aliphatic rings. The van der Waals surface area contributed by atoms with E-state index in [-0.39, 0.29) is 24.0 Å². The van der Waals surface area contributed by atoms with Crippen molar-refractivity contribution in [2.24, 2.45) is 4.99 Å². The van der Waals surface area contributed by atoms with E-state index in [1.807, 2.05) is 31.3 Å². The molecule has 0 amide bonds. The lowest BCUT2D eigenvalue weighted by Gasteiger charge is -2.18. The van der Waals surface area contributed by atoms with Crippen LogP contribution in [0.4, 0.5) is 5.82 Å². The molecule has 2 aromatic rings. The van der Waals surface area contributed by atoms with E-state index in [0.717, 1.165) is 30.3 Å². The van der Waals surface area contributed by atoms with E-state index in [1.54, 1.807) is 7.05 Å². The summed E-state index contributed by atoms with van der Waals surface area (Å²) >= 11 is 0. The quantitative estimate of drug-likeness (QED) is 0.401. The van der Waals surface area contributed by atoms with Crippen molar-refractivity contribution in [1.29, 1.82) is 0 Å². The molecule has 0 atom stereocenters. The van der Waals surface area contributed by atoms with Crippen LogP contribution in [0, 0.1) is 0 Å². The molecular formula is C19H28IN5. The zero-order chi connectivity index (χ0) is 17.4. The fourth-order valence-electron chi connectivity index (χ4n) is 2.62. The molecule has 0 radical (unpaired) electrons. The SMILES string of the molecule is CCc1ccccc1CNC(=NC)NCc1cccnc1N(C)C.I. The van der Waals surface area contributed by atoms with Gasteiger partial charge in [-0.25, -0.2) is 4.98 Å². The molecule has 0 saturated carbocycles. The van der Waals surface area contributed by atoms with Crippen LogP contribution in [0.15, 0.2) is 47.6 Å². The maximum absolute atomic E-state index is 4.42. The van der Waals surface area contributed by atoms with Gasteiger partial charge in [0.15, 0.2) is 5.96 Å². The number of anilines is 1. The summed E-state index contributed by atoms with van der Waals surface area (Å²) in [5, 5.41) is 6.75. The predicted octanol–water partition coefficient (Wildman–Crippen LogP) is 3.19. The minimum atomic E-state index is 0. The van der Waals surface area contributed by atoms with Gasteiger partial charge in [0.25, 0.3) is 0 Å². The number of aliphatic imine (C=N–C) groups is 1. The predicted molar refractivity (Wildman–Crippen MR) is 117 cm³/mol. The van der Waals surface area contributed by atoms with Crippen LogP contribution in [0.25, 0.3) is 0 Å². The number of nitrogens with zero attached hydrogens (tertiary/aromatic N) is 3. The van der Waals surface area contributed by atoms with Crippen LogP contribution in [-0.2, 0) is 19.5 Å². The highest BCUT2D eigenvalue weighted by Gasteiger charge is 2.07. The smallest absolute Gasteiger partial charge is 0.191 e. The zero-order valence-corrected chi connectivity index (χ0v) is 17.7. The molecule has 6 heteroatoms. The molecule has 0 aliphatic carbocycles. The highest BCUT2D eigenvalue weighted by Crippen LogP contribution is 2.13. The van der Waals surface area contributed by atoms with Crippen molar-refractivity contribution in [3.8, 4) is 0 Å². The van der Waals surface area contributed by atoms with Gasteiger partial charge in [-0.15, -0.1) is 24.0 Å². The normalized spacial score (nSPS) is 10.8. The molecular weight excluding hydrogens is 425 g/mol. The van der Waals surface area contributed by atoms with Gasteiger partial charge in [0.2, 0.25) is 0 Å². The molecule has 136 valence electrons. The number of rotatable bonds is 6. The molecule has 0 unspecified atom stereocenters. The third-order valence-electron chi connectivity index (χ3n) is 3.91. The summed E-state index contributed by atoms with van der Waals surface area (Å²) in [7, 11) is 5.79. The zero-order valence-electron chi connectivity index (χ0n) is 15.4. The first-order valence-electron chi connectivity index (χ1n) is 8.28. The number of aryl methyl sites for hydroxylation is 1. The molecule has 2 rings (SSSR count). The Morgan fingerprint density at radius 1 is 1.00 bits per heavy atom. The maximum atomic E-state index is 4.42. The average Bonchev–Trinajstić information content (AvgIpc) is 2.62. The largest absolute Gasteiger partial charge is 0.362 e. The molecule has 0 saturated heterocycles. The lowest BCUT2D eigenvalue weighted by Crippen LogP contribution is -2.36. The van der Waals surface area contributed by atoms with Crippen molar-refractivity contribution >= 4 is 35.8 Å². The molecule has 0 aliphatic heterocycles. The minimum absolute atomic E-state index is 0. The Balaban J connectivity index is 0.00000312. The summed E-state index contributed by atoms with van der Waals surface area (Å²) in [4.78, 5) is 10.8. The van der Waals surface area contributed by atoms with Crippen molar-refractivity contribution < 1.29 is 0 Å². The van der Waals surface area contributed by atoms with Gasteiger partial charge in [-0.3, -0.25) is 4.99 Å². The van der Waals surface area contributed by atoms with E-state index in [0.29, 0.717) is 6.54 Å². The minimum Gasteiger partial charge on any atom is -0.362 e. The average molecular weight is 453 g/mol. The van der Waals surface area contributed by atoms with Crippen LogP contribution in [0.5, 0.6) is 0 Å². The summed E-state index contributed by atoms with van der Waals surface area (Å²) < 4.78 is 0. The molecule has 1 aromatic carbocycles. The molecule has 1 aromatic heterocycles. The van der Waals surface area contributed by atoms with Gasteiger partial charge < -0.3 is 15.5 Å². The van der Waals surface area contributed by atoms with Crippen LogP contribution < -0.4 is 15.5 Å². The summed E-state index contributed by atoms with van der Waals surface area (Å²) in [5.74, 6) is 1.76. The van der Waals surface area contributed by atoms with E-state index in [9.17, 15) is 0 Å².